The first kappa shape index (κ1) is 15.7. The van der Waals surface area contributed by atoms with Crippen LogP contribution in [0.25, 0.3) is 0 Å². The van der Waals surface area contributed by atoms with Crippen molar-refractivity contribution in [3.05, 3.63) is 28.8 Å². The van der Waals surface area contributed by atoms with Crippen LogP contribution in [0.5, 0.6) is 16.7 Å². The Labute approximate surface area is 129 Å². The molecule has 2 rings (SSSR count). The molecular formula is C15H21N3O2S. The summed E-state index contributed by atoms with van der Waals surface area (Å²) in [6.07, 6.45) is 0. The van der Waals surface area contributed by atoms with Crippen LogP contribution in [0.4, 0.5) is 0 Å². The molecule has 0 aliphatic heterocycles. The van der Waals surface area contributed by atoms with Gasteiger partial charge >= 0.3 is 0 Å². The average molecular weight is 307 g/mol. The van der Waals surface area contributed by atoms with Gasteiger partial charge in [-0.15, -0.1) is 5.10 Å². The normalized spacial score (nSPS) is 10.9. The molecule has 0 radical (unpaired) electrons. The molecule has 1 heterocycles. The zero-order chi connectivity index (χ0) is 15.2. The van der Waals surface area contributed by atoms with E-state index in [0.29, 0.717) is 29.2 Å². The van der Waals surface area contributed by atoms with E-state index < -0.39 is 0 Å². The van der Waals surface area contributed by atoms with Crippen molar-refractivity contribution in [2.45, 2.75) is 27.3 Å². The minimum Gasteiger partial charge on any atom is -0.493 e. The third kappa shape index (κ3) is 4.68. The summed E-state index contributed by atoms with van der Waals surface area (Å²) in [5, 5.41) is 13.0. The zero-order valence-corrected chi connectivity index (χ0v) is 13.7. The van der Waals surface area contributed by atoms with E-state index in [9.17, 15) is 0 Å². The summed E-state index contributed by atoms with van der Waals surface area (Å²) in [5.74, 6) is 1.97. The Kier molecular flexibility index (Phi) is 5.52. The maximum atomic E-state index is 5.76. The summed E-state index contributed by atoms with van der Waals surface area (Å²) in [6, 6.07) is 5.79. The molecule has 0 spiro atoms. The Morgan fingerprint density at radius 3 is 2.76 bits per heavy atom. The van der Waals surface area contributed by atoms with Gasteiger partial charge in [0.05, 0.1) is 7.11 Å². The summed E-state index contributed by atoms with van der Waals surface area (Å²) in [6.45, 7) is 8.03. The van der Waals surface area contributed by atoms with Crippen LogP contribution >= 0.6 is 11.3 Å². The van der Waals surface area contributed by atoms with Gasteiger partial charge in [0, 0.05) is 6.54 Å². The van der Waals surface area contributed by atoms with E-state index >= 15 is 0 Å². The monoisotopic (exact) mass is 307 g/mol. The third-order valence-electron chi connectivity index (χ3n) is 2.79. The van der Waals surface area contributed by atoms with Gasteiger partial charge in [-0.25, -0.2) is 0 Å². The molecule has 2 aromatic rings. The van der Waals surface area contributed by atoms with Gasteiger partial charge < -0.3 is 14.8 Å². The van der Waals surface area contributed by atoms with Gasteiger partial charge in [0.1, 0.15) is 5.01 Å². The van der Waals surface area contributed by atoms with Crippen molar-refractivity contribution in [1.29, 1.82) is 0 Å². The third-order valence-corrected chi connectivity index (χ3v) is 3.59. The summed E-state index contributed by atoms with van der Waals surface area (Å²) in [4.78, 5) is 0. The van der Waals surface area contributed by atoms with Gasteiger partial charge in [-0.2, -0.15) is 0 Å². The van der Waals surface area contributed by atoms with Gasteiger partial charge in [0.2, 0.25) is 0 Å². The number of hydrogen-bond donors (Lipinski definition) is 1. The molecule has 1 aromatic heterocycles. The number of benzene rings is 1. The number of aromatic nitrogens is 2. The first-order valence-corrected chi connectivity index (χ1v) is 7.75. The summed E-state index contributed by atoms with van der Waals surface area (Å²) >= 11 is 1.44. The molecule has 1 N–H and O–H groups in total. The lowest BCUT2D eigenvalue weighted by atomic mass is 10.2. The highest BCUT2D eigenvalue weighted by Gasteiger charge is 2.10. The fourth-order valence-electron chi connectivity index (χ4n) is 1.77. The summed E-state index contributed by atoms with van der Waals surface area (Å²) < 4.78 is 11.1. The number of methoxy groups -OCH3 is 1. The smallest absolute Gasteiger partial charge is 0.299 e. The van der Waals surface area contributed by atoms with E-state index in [2.05, 4.69) is 29.4 Å². The van der Waals surface area contributed by atoms with Gasteiger partial charge in [-0.3, -0.25) is 0 Å². The minimum absolute atomic E-state index is 0.526. The van der Waals surface area contributed by atoms with Gasteiger partial charge in [0.25, 0.3) is 5.19 Å². The zero-order valence-electron chi connectivity index (χ0n) is 12.8. The molecule has 0 saturated carbocycles. The molecule has 1 aromatic carbocycles. The maximum Gasteiger partial charge on any atom is 0.299 e. The fraction of sp³-hybridized carbons (Fsp3) is 0.467. The molecular weight excluding hydrogens is 286 g/mol. The van der Waals surface area contributed by atoms with Gasteiger partial charge in [-0.1, -0.05) is 36.3 Å². The molecule has 0 bridgehead atoms. The standard InChI is InChI=1S/C15H21N3O2S/c1-10(2)8-16-9-14-17-18-15(21-14)20-12-6-5-11(3)7-13(12)19-4/h5-7,10,16H,8-9H2,1-4H3. The van der Waals surface area contributed by atoms with Crippen molar-refractivity contribution < 1.29 is 9.47 Å². The molecule has 0 aliphatic rings. The number of hydrogen-bond acceptors (Lipinski definition) is 6. The fourth-order valence-corrected chi connectivity index (χ4v) is 2.44. The molecule has 0 unspecified atom stereocenters. The molecule has 0 aliphatic carbocycles. The highest BCUT2D eigenvalue weighted by molar-refractivity contribution is 7.13. The van der Waals surface area contributed by atoms with Crippen molar-refractivity contribution >= 4 is 11.3 Å². The van der Waals surface area contributed by atoms with Crippen LogP contribution in [0.3, 0.4) is 0 Å². The molecule has 0 amide bonds. The molecule has 0 fully saturated rings. The highest BCUT2D eigenvalue weighted by Crippen LogP contribution is 2.33. The Morgan fingerprint density at radius 2 is 2.05 bits per heavy atom. The molecule has 0 atom stereocenters. The number of nitrogens with zero attached hydrogens (tertiary/aromatic N) is 2. The van der Waals surface area contributed by atoms with Crippen LogP contribution < -0.4 is 14.8 Å². The van der Waals surface area contributed by atoms with Crippen molar-refractivity contribution in [1.82, 2.24) is 15.5 Å². The van der Waals surface area contributed by atoms with E-state index in [4.69, 9.17) is 9.47 Å². The Hall–Kier alpha value is -1.66. The quantitative estimate of drug-likeness (QED) is 0.849. The Balaban J connectivity index is 1.99. The van der Waals surface area contributed by atoms with Crippen molar-refractivity contribution in [2.24, 2.45) is 5.92 Å². The SMILES string of the molecule is COc1cc(C)ccc1Oc1nnc(CNCC(C)C)s1. The molecule has 0 saturated heterocycles. The first-order chi connectivity index (χ1) is 10.1. The van der Waals surface area contributed by atoms with Crippen molar-refractivity contribution in [3.63, 3.8) is 0 Å². The van der Waals surface area contributed by atoms with E-state index in [1.807, 2.05) is 25.1 Å². The number of nitrogens with one attached hydrogen (secondary N) is 1. The van der Waals surface area contributed by atoms with E-state index in [1.54, 1.807) is 7.11 Å². The number of ether oxygens (including phenoxy) is 2. The predicted molar refractivity (Wildman–Crippen MR) is 84.3 cm³/mol. The van der Waals surface area contributed by atoms with Crippen molar-refractivity contribution in [3.8, 4) is 16.7 Å². The van der Waals surface area contributed by atoms with Crippen LogP contribution in [0, 0.1) is 12.8 Å². The second-order valence-electron chi connectivity index (χ2n) is 5.24. The number of rotatable bonds is 7. The van der Waals surface area contributed by atoms with E-state index in [0.717, 1.165) is 17.1 Å². The minimum atomic E-state index is 0.526. The molecule has 21 heavy (non-hydrogen) atoms. The topological polar surface area (TPSA) is 56.3 Å². The average Bonchev–Trinajstić information content (AvgIpc) is 2.88. The Morgan fingerprint density at radius 1 is 1.24 bits per heavy atom. The van der Waals surface area contributed by atoms with Crippen LogP contribution in [-0.2, 0) is 6.54 Å². The lowest BCUT2D eigenvalue weighted by Crippen LogP contribution is -2.18. The predicted octanol–water partition coefficient (Wildman–Crippen LogP) is 3.39. The van der Waals surface area contributed by atoms with E-state index in [-0.39, 0.29) is 0 Å². The van der Waals surface area contributed by atoms with Gasteiger partial charge in [0.15, 0.2) is 11.5 Å². The molecule has 6 heteroatoms. The molecule has 5 nitrogen and oxygen atoms in total. The lowest BCUT2D eigenvalue weighted by Gasteiger charge is -2.08. The van der Waals surface area contributed by atoms with Crippen LogP contribution in [-0.4, -0.2) is 23.9 Å². The maximum absolute atomic E-state index is 5.76. The number of aryl methyl sites for hydroxylation is 1. The first-order valence-electron chi connectivity index (χ1n) is 6.94. The van der Waals surface area contributed by atoms with Crippen molar-refractivity contribution in [2.75, 3.05) is 13.7 Å². The lowest BCUT2D eigenvalue weighted by molar-refractivity contribution is 0.376. The van der Waals surface area contributed by atoms with E-state index in [1.165, 1.54) is 11.3 Å². The summed E-state index contributed by atoms with van der Waals surface area (Å²) in [7, 11) is 1.63. The van der Waals surface area contributed by atoms with Crippen LogP contribution in [0.1, 0.15) is 24.4 Å². The highest BCUT2D eigenvalue weighted by atomic mass is 32.1. The van der Waals surface area contributed by atoms with Crippen LogP contribution in [0.2, 0.25) is 0 Å². The molecule has 114 valence electrons. The largest absolute Gasteiger partial charge is 0.493 e. The second kappa shape index (κ2) is 7.38. The van der Waals surface area contributed by atoms with Crippen LogP contribution in [0.15, 0.2) is 18.2 Å². The summed E-state index contributed by atoms with van der Waals surface area (Å²) in [5.41, 5.74) is 1.12. The van der Waals surface area contributed by atoms with Gasteiger partial charge in [-0.05, 0) is 37.1 Å². The second-order valence-corrected chi connectivity index (χ2v) is 6.27. The Bertz CT molecular complexity index is 584.